The van der Waals surface area contributed by atoms with Crippen LogP contribution >= 0.6 is 0 Å². The second-order valence-corrected chi connectivity index (χ2v) is 5.33. The third-order valence-electron chi connectivity index (χ3n) is 3.59. The summed E-state index contributed by atoms with van der Waals surface area (Å²) in [5.41, 5.74) is 1.78. The number of rotatable bonds is 6. The van der Waals surface area contributed by atoms with Gasteiger partial charge in [-0.2, -0.15) is 0 Å². The van der Waals surface area contributed by atoms with E-state index in [0.29, 0.717) is 12.1 Å². The van der Waals surface area contributed by atoms with Gasteiger partial charge in [0.25, 0.3) is 5.91 Å². The van der Waals surface area contributed by atoms with Crippen LogP contribution in [-0.4, -0.2) is 38.6 Å². The standard InChI is InChI=1S/C18H22N2O2/c1-20(2)17(15-10-7-11-16(12-15)22-3)13-19-18(21)14-8-5-4-6-9-14/h4-12,17H,13H2,1-3H3,(H,19,21). The molecule has 0 aliphatic rings. The van der Waals surface area contributed by atoms with E-state index in [9.17, 15) is 4.79 Å². The quantitative estimate of drug-likeness (QED) is 0.891. The molecule has 4 heteroatoms. The van der Waals surface area contributed by atoms with Crippen molar-refractivity contribution in [1.82, 2.24) is 10.2 Å². The number of nitrogens with zero attached hydrogens (tertiary/aromatic N) is 1. The summed E-state index contributed by atoms with van der Waals surface area (Å²) in [4.78, 5) is 14.3. The average molecular weight is 298 g/mol. The molecule has 0 bridgehead atoms. The molecule has 0 fully saturated rings. The fourth-order valence-electron chi connectivity index (χ4n) is 2.33. The number of hydrogen-bond acceptors (Lipinski definition) is 3. The van der Waals surface area contributed by atoms with Crippen LogP contribution in [0.4, 0.5) is 0 Å². The highest BCUT2D eigenvalue weighted by atomic mass is 16.5. The van der Waals surface area contributed by atoms with Gasteiger partial charge in [-0.15, -0.1) is 0 Å². The first kappa shape index (κ1) is 16.0. The molecule has 4 nitrogen and oxygen atoms in total. The van der Waals surface area contributed by atoms with Gasteiger partial charge in [-0.1, -0.05) is 30.3 Å². The van der Waals surface area contributed by atoms with E-state index in [0.717, 1.165) is 11.3 Å². The van der Waals surface area contributed by atoms with Gasteiger partial charge in [0.1, 0.15) is 5.75 Å². The van der Waals surface area contributed by atoms with Crippen LogP contribution < -0.4 is 10.1 Å². The second-order valence-electron chi connectivity index (χ2n) is 5.33. The number of nitrogens with one attached hydrogen (secondary N) is 1. The van der Waals surface area contributed by atoms with Crippen LogP contribution in [0, 0.1) is 0 Å². The van der Waals surface area contributed by atoms with E-state index in [2.05, 4.69) is 10.2 Å². The summed E-state index contributed by atoms with van der Waals surface area (Å²) in [6.45, 7) is 0.536. The minimum atomic E-state index is -0.0599. The third kappa shape index (κ3) is 4.09. The molecule has 0 saturated carbocycles. The van der Waals surface area contributed by atoms with Crippen molar-refractivity contribution in [2.45, 2.75) is 6.04 Å². The maximum absolute atomic E-state index is 12.2. The Morgan fingerprint density at radius 3 is 2.50 bits per heavy atom. The zero-order chi connectivity index (χ0) is 15.9. The fraction of sp³-hybridized carbons (Fsp3) is 0.278. The Morgan fingerprint density at radius 1 is 1.14 bits per heavy atom. The molecule has 2 rings (SSSR count). The predicted molar refractivity (Wildman–Crippen MR) is 88.2 cm³/mol. The highest BCUT2D eigenvalue weighted by Gasteiger charge is 2.16. The van der Waals surface area contributed by atoms with E-state index in [4.69, 9.17) is 4.74 Å². The Morgan fingerprint density at radius 2 is 1.86 bits per heavy atom. The average Bonchev–Trinajstić information content (AvgIpc) is 2.55. The number of amides is 1. The van der Waals surface area contributed by atoms with Crippen LogP contribution in [0.25, 0.3) is 0 Å². The zero-order valence-corrected chi connectivity index (χ0v) is 13.2. The van der Waals surface area contributed by atoms with Crippen molar-refractivity contribution in [3.05, 3.63) is 65.7 Å². The first-order valence-electron chi connectivity index (χ1n) is 7.25. The molecule has 1 atom stereocenters. The topological polar surface area (TPSA) is 41.6 Å². The number of benzene rings is 2. The maximum Gasteiger partial charge on any atom is 0.251 e. The number of methoxy groups -OCH3 is 1. The van der Waals surface area contributed by atoms with Gasteiger partial charge >= 0.3 is 0 Å². The molecule has 22 heavy (non-hydrogen) atoms. The van der Waals surface area contributed by atoms with Gasteiger partial charge in [-0.05, 0) is 43.9 Å². The highest BCUT2D eigenvalue weighted by Crippen LogP contribution is 2.22. The van der Waals surface area contributed by atoms with E-state index < -0.39 is 0 Å². The van der Waals surface area contributed by atoms with E-state index in [1.807, 2.05) is 68.7 Å². The first-order chi connectivity index (χ1) is 10.6. The minimum absolute atomic E-state index is 0.0599. The minimum Gasteiger partial charge on any atom is -0.497 e. The third-order valence-corrected chi connectivity index (χ3v) is 3.59. The summed E-state index contributed by atoms with van der Waals surface area (Å²) in [6.07, 6.45) is 0. The summed E-state index contributed by atoms with van der Waals surface area (Å²) in [6, 6.07) is 17.2. The molecule has 0 aliphatic carbocycles. The van der Waals surface area contributed by atoms with Crippen LogP contribution in [-0.2, 0) is 0 Å². The van der Waals surface area contributed by atoms with E-state index in [1.165, 1.54) is 0 Å². The largest absolute Gasteiger partial charge is 0.497 e. The number of hydrogen-bond donors (Lipinski definition) is 1. The Kier molecular flexibility index (Phi) is 5.55. The van der Waals surface area contributed by atoms with Gasteiger partial charge in [0, 0.05) is 12.1 Å². The molecule has 0 heterocycles. The Balaban J connectivity index is 2.07. The molecule has 2 aromatic rings. The molecule has 1 amide bonds. The van der Waals surface area contributed by atoms with Crippen molar-refractivity contribution in [2.24, 2.45) is 0 Å². The lowest BCUT2D eigenvalue weighted by Crippen LogP contribution is -2.34. The van der Waals surface area contributed by atoms with Crippen LogP contribution in [0.2, 0.25) is 0 Å². The molecule has 0 aliphatic heterocycles. The van der Waals surface area contributed by atoms with Crippen LogP contribution in [0.15, 0.2) is 54.6 Å². The predicted octanol–water partition coefficient (Wildman–Crippen LogP) is 2.73. The van der Waals surface area contributed by atoms with Crippen LogP contribution in [0.5, 0.6) is 5.75 Å². The van der Waals surface area contributed by atoms with Gasteiger partial charge in [0.15, 0.2) is 0 Å². The molecular formula is C18H22N2O2. The summed E-state index contributed by atoms with van der Waals surface area (Å²) in [5.74, 6) is 0.758. The first-order valence-corrected chi connectivity index (χ1v) is 7.25. The molecule has 0 radical (unpaired) electrons. The molecule has 0 aromatic heterocycles. The molecule has 1 N–H and O–H groups in total. The van der Waals surface area contributed by atoms with Gasteiger partial charge < -0.3 is 15.0 Å². The normalized spacial score (nSPS) is 12.0. The lowest BCUT2D eigenvalue weighted by Gasteiger charge is -2.25. The van der Waals surface area contributed by atoms with Gasteiger partial charge in [-0.3, -0.25) is 4.79 Å². The smallest absolute Gasteiger partial charge is 0.251 e. The number of likely N-dealkylation sites (N-methyl/N-ethyl adjacent to an activating group) is 1. The van der Waals surface area contributed by atoms with Crippen molar-refractivity contribution in [1.29, 1.82) is 0 Å². The van der Waals surface area contributed by atoms with Gasteiger partial charge in [0.2, 0.25) is 0 Å². The van der Waals surface area contributed by atoms with Crippen molar-refractivity contribution in [2.75, 3.05) is 27.7 Å². The van der Waals surface area contributed by atoms with Gasteiger partial charge in [-0.25, -0.2) is 0 Å². The van der Waals surface area contributed by atoms with E-state index >= 15 is 0 Å². The fourth-order valence-corrected chi connectivity index (χ4v) is 2.33. The summed E-state index contributed by atoms with van der Waals surface area (Å²) < 4.78 is 5.27. The molecular weight excluding hydrogens is 276 g/mol. The summed E-state index contributed by atoms with van der Waals surface area (Å²) >= 11 is 0. The lowest BCUT2D eigenvalue weighted by atomic mass is 10.1. The second kappa shape index (κ2) is 7.61. The van der Waals surface area contributed by atoms with E-state index in [-0.39, 0.29) is 11.9 Å². The van der Waals surface area contributed by atoms with Crippen molar-refractivity contribution >= 4 is 5.91 Å². The Bertz CT molecular complexity index is 611. The van der Waals surface area contributed by atoms with Crippen molar-refractivity contribution in [3.63, 3.8) is 0 Å². The molecule has 116 valence electrons. The highest BCUT2D eigenvalue weighted by molar-refractivity contribution is 5.94. The Hall–Kier alpha value is -2.33. The van der Waals surface area contributed by atoms with Crippen molar-refractivity contribution in [3.8, 4) is 5.75 Å². The molecule has 0 saturated heterocycles. The number of carbonyl (C=O) groups is 1. The van der Waals surface area contributed by atoms with E-state index in [1.54, 1.807) is 7.11 Å². The molecule has 1 unspecified atom stereocenters. The van der Waals surface area contributed by atoms with Crippen LogP contribution in [0.1, 0.15) is 22.0 Å². The zero-order valence-electron chi connectivity index (χ0n) is 13.2. The Labute approximate surface area is 131 Å². The van der Waals surface area contributed by atoms with Gasteiger partial charge in [0.05, 0.1) is 13.2 Å². The summed E-state index contributed by atoms with van der Waals surface area (Å²) in [5, 5.41) is 2.99. The van der Waals surface area contributed by atoms with Crippen LogP contribution in [0.3, 0.4) is 0 Å². The monoisotopic (exact) mass is 298 g/mol. The number of carbonyl (C=O) groups excluding carboxylic acids is 1. The maximum atomic E-state index is 12.2. The molecule has 2 aromatic carbocycles. The SMILES string of the molecule is COc1cccc(C(CNC(=O)c2ccccc2)N(C)C)c1. The number of ether oxygens (including phenoxy) is 1. The van der Waals surface area contributed by atoms with Crippen molar-refractivity contribution < 1.29 is 9.53 Å². The molecule has 0 spiro atoms. The summed E-state index contributed by atoms with van der Waals surface area (Å²) in [7, 11) is 5.65. The lowest BCUT2D eigenvalue weighted by molar-refractivity contribution is 0.0942.